The van der Waals surface area contributed by atoms with Gasteiger partial charge in [0.05, 0.1) is 12.6 Å². The Labute approximate surface area is 217 Å². The van der Waals surface area contributed by atoms with Gasteiger partial charge in [0, 0.05) is 29.4 Å². The van der Waals surface area contributed by atoms with Crippen LogP contribution in [-0.2, 0) is 11.2 Å². The van der Waals surface area contributed by atoms with Crippen molar-refractivity contribution in [1.82, 2.24) is 9.88 Å². The third-order valence-corrected chi connectivity index (χ3v) is 8.70. The van der Waals surface area contributed by atoms with E-state index in [-0.39, 0.29) is 18.3 Å². The standard InChI is InChI=1S/C29H37FN2O3S/c1-20-12-16-36-28(20)5-3-4-14-32-15-11-21(22(19-32)17-29(33)34)6-8-26(30)24-10-13-31-27-9-7-23(35-2)18-25(24)27/h7,9-10,12-13,16,18,21-22,26H,3-6,8,11,14-15,17,19H2,1-2H3,(H,33,34)/t21-,22+,26-/m1/s1. The number of aromatic nitrogens is 1. The Morgan fingerprint density at radius 3 is 2.89 bits per heavy atom. The Morgan fingerprint density at radius 1 is 1.28 bits per heavy atom. The monoisotopic (exact) mass is 512 g/mol. The first-order valence-corrected chi connectivity index (χ1v) is 13.9. The van der Waals surface area contributed by atoms with E-state index in [2.05, 4.69) is 28.3 Å². The van der Waals surface area contributed by atoms with E-state index in [1.165, 1.54) is 10.4 Å². The van der Waals surface area contributed by atoms with Gasteiger partial charge in [0.15, 0.2) is 0 Å². The first-order chi connectivity index (χ1) is 17.4. The summed E-state index contributed by atoms with van der Waals surface area (Å²) in [6.45, 7) is 4.93. The molecule has 194 valence electrons. The maximum absolute atomic E-state index is 15.5. The van der Waals surface area contributed by atoms with Gasteiger partial charge in [-0.05, 0) is 117 Å². The highest BCUT2D eigenvalue weighted by Crippen LogP contribution is 2.36. The quantitative estimate of drug-likeness (QED) is 0.269. The fraction of sp³-hybridized carbons (Fsp3) is 0.517. The van der Waals surface area contributed by atoms with Gasteiger partial charge in [-0.25, -0.2) is 4.39 Å². The van der Waals surface area contributed by atoms with E-state index in [0.29, 0.717) is 24.2 Å². The second-order valence-corrected chi connectivity index (χ2v) is 11.0. The molecule has 0 bridgehead atoms. The number of carboxylic acid groups (broad SMARTS) is 1. The van der Waals surface area contributed by atoms with Gasteiger partial charge in [-0.1, -0.05) is 0 Å². The smallest absolute Gasteiger partial charge is 0.303 e. The highest BCUT2D eigenvalue weighted by atomic mass is 32.1. The Balaban J connectivity index is 1.32. The van der Waals surface area contributed by atoms with Crippen LogP contribution in [-0.4, -0.2) is 47.7 Å². The number of carbonyl (C=O) groups is 1. The molecule has 0 unspecified atom stereocenters. The van der Waals surface area contributed by atoms with E-state index < -0.39 is 12.1 Å². The van der Waals surface area contributed by atoms with Crippen LogP contribution in [0.25, 0.3) is 10.9 Å². The van der Waals surface area contributed by atoms with Crippen LogP contribution >= 0.6 is 11.3 Å². The number of likely N-dealkylation sites (tertiary alicyclic amines) is 1. The van der Waals surface area contributed by atoms with Crippen molar-refractivity contribution in [3.63, 3.8) is 0 Å². The van der Waals surface area contributed by atoms with Gasteiger partial charge in [0.2, 0.25) is 0 Å². The van der Waals surface area contributed by atoms with E-state index in [4.69, 9.17) is 4.74 Å². The average molecular weight is 513 g/mol. The third-order valence-electron chi connectivity index (χ3n) is 7.62. The number of thiophene rings is 1. The number of pyridine rings is 1. The molecule has 36 heavy (non-hydrogen) atoms. The van der Waals surface area contributed by atoms with Crippen molar-refractivity contribution in [3.8, 4) is 5.75 Å². The largest absolute Gasteiger partial charge is 0.497 e. The summed E-state index contributed by atoms with van der Waals surface area (Å²) in [4.78, 5) is 19.8. The molecule has 5 nitrogen and oxygen atoms in total. The third kappa shape index (κ3) is 6.83. The number of halogens is 1. The zero-order chi connectivity index (χ0) is 25.5. The molecule has 0 aliphatic carbocycles. The Morgan fingerprint density at radius 2 is 2.14 bits per heavy atom. The molecule has 1 N–H and O–H groups in total. The van der Waals surface area contributed by atoms with Crippen LogP contribution in [0, 0.1) is 18.8 Å². The molecule has 0 saturated carbocycles. The van der Waals surface area contributed by atoms with Crippen molar-refractivity contribution >= 4 is 28.2 Å². The molecule has 7 heteroatoms. The van der Waals surface area contributed by atoms with E-state index in [9.17, 15) is 9.90 Å². The number of aryl methyl sites for hydroxylation is 2. The molecule has 0 radical (unpaired) electrons. The van der Waals surface area contributed by atoms with Gasteiger partial charge >= 0.3 is 5.97 Å². The molecular formula is C29H37FN2O3S. The van der Waals surface area contributed by atoms with Gasteiger partial charge in [-0.15, -0.1) is 11.3 Å². The summed E-state index contributed by atoms with van der Waals surface area (Å²) >= 11 is 1.83. The number of aliphatic carboxylic acids is 1. The highest BCUT2D eigenvalue weighted by molar-refractivity contribution is 7.10. The predicted molar refractivity (Wildman–Crippen MR) is 144 cm³/mol. The number of alkyl halides is 1. The summed E-state index contributed by atoms with van der Waals surface area (Å²) in [5.41, 5.74) is 2.77. The number of hydrogen-bond donors (Lipinski definition) is 1. The van der Waals surface area contributed by atoms with Gasteiger partial charge in [0.1, 0.15) is 11.9 Å². The second-order valence-electron chi connectivity index (χ2n) is 10.0. The summed E-state index contributed by atoms with van der Waals surface area (Å²) in [5, 5.41) is 12.5. The molecule has 1 fully saturated rings. The Kier molecular flexibility index (Phi) is 9.32. The summed E-state index contributed by atoms with van der Waals surface area (Å²) in [6, 6.07) is 9.46. The Bertz CT molecular complexity index is 1150. The lowest BCUT2D eigenvalue weighted by atomic mass is 9.79. The highest BCUT2D eigenvalue weighted by Gasteiger charge is 2.31. The normalized spacial score (nSPS) is 19.4. The number of methoxy groups -OCH3 is 1. The fourth-order valence-electron chi connectivity index (χ4n) is 5.54. The van der Waals surface area contributed by atoms with Crippen LogP contribution in [0.2, 0.25) is 0 Å². The molecule has 0 amide bonds. The zero-order valence-corrected chi connectivity index (χ0v) is 22.1. The summed E-state index contributed by atoms with van der Waals surface area (Å²) in [5.74, 6) is 0.219. The number of carboxylic acids is 1. The molecule has 1 aromatic carbocycles. The lowest BCUT2D eigenvalue weighted by Gasteiger charge is -2.38. The number of benzene rings is 1. The molecule has 4 rings (SSSR count). The second kappa shape index (κ2) is 12.6. The van der Waals surface area contributed by atoms with Gasteiger partial charge in [-0.2, -0.15) is 0 Å². The average Bonchev–Trinajstić information content (AvgIpc) is 3.29. The minimum absolute atomic E-state index is 0.0669. The van der Waals surface area contributed by atoms with Gasteiger partial charge in [-0.3, -0.25) is 9.78 Å². The van der Waals surface area contributed by atoms with Crippen LogP contribution < -0.4 is 4.74 Å². The number of unbranched alkanes of at least 4 members (excludes halogenated alkanes) is 1. The van der Waals surface area contributed by atoms with E-state index in [1.807, 2.05) is 29.5 Å². The molecule has 1 saturated heterocycles. The van der Waals surface area contributed by atoms with Gasteiger partial charge < -0.3 is 14.7 Å². The molecule has 3 atom stereocenters. The first kappa shape index (κ1) is 26.6. The molecular weight excluding hydrogens is 475 g/mol. The van der Waals surface area contributed by atoms with E-state index in [1.54, 1.807) is 19.4 Å². The van der Waals surface area contributed by atoms with Crippen molar-refractivity contribution in [3.05, 3.63) is 57.9 Å². The number of nitrogens with zero attached hydrogens (tertiary/aromatic N) is 2. The zero-order valence-electron chi connectivity index (χ0n) is 21.3. The van der Waals surface area contributed by atoms with Crippen LogP contribution in [0.4, 0.5) is 4.39 Å². The number of hydrogen-bond acceptors (Lipinski definition) is 5. The van der Waals surface area contributed by atoms with Crippen molar-refractivity contribution < 1.29 is 19.0 Å². The van der Waals surface area contributed by atoms with Crippen LogP contribution in [0.1, 0.15) is 60.7 Å². The first-order valence-electron chi connectivity index (χ1n) is 13.0. The number of piperidine rings is 1. The number of fused-ring (bicyclic) bond motifs is 1. The van der Waals surface area contributed by atoms with Crippen molar-refractivity contribution in [1.29, 1.82) is 0 Å². The summed E-state index contributed by atoms with van der Waals surface area (Å²) in [6.07, 6.45) is 6.09. The maximum Gasteiger partial charge on any atom is 0.303 e. The molecule has 3 aromatic rings. The predicted octanol–water partition coefficient (Wildman–Crippen LogP) is 6.84. The molecule has 2 aromatic heterocycles. The van der Waals surface area contributed by atoms with Gasteiger partial charge in [0.25, 0.3) is 0 Å². The van der Waals surface area contributed by atoms with Crippen molar-refractivity contribution in [2.45, 2.75) is 58.0 Å². The van der Waals surface area contributed by atoms with E-state index in [0.717, 1.165) is 56.2 Å². The SMILES string of the molecule is COc1ccc2nccc([C@H](F)CC[C@@H]3CCN(CCCCc4sccc4C)C[C@@H]3CC(=O)O)c2c1. The Hall–Kier alpha value is -2.51. The molecule has 1 aliphatic heterocycles. The maximum atomic E-state index is 15.5. The fourth-order valence-corrected chi connectivity index (χ4v) is 6.49. The summed E-state index contributed by atoms with van der Waals surface area (Å²) in [7, 11) is 1.60. The van der Waals surface area contributed by atoms with Crippen LogP contribution in [0.5, 0.6) is 5.75 Å². The minimum atomic E-state index is -1.12. The molecule has 1 aliphatic rings. The van der Waals surface area contributed by atoms with E-state index >= 15 is 4.39 Å². The minimum Gasteiger partial charge on any atom is -0.497 e. The lowest BCUT2D eigenvalue weighted by Crippen LogP contribution is -2.41. The molecule has 3 heterocycles. The number of rotatable bonds is 12. The topological polar surface area (TPSA) is 62.7 Å². The van der Waals surface area contributed by atoms with Crippen LogP contribution in [0.15, 0.2) is 41.9 Å². The number of ether oxygens (including phenoxy) is 1. The van der Waals surface area contributed by atoms with Crippen molar-refractivity contribution in [2.24, 2.45) is 11.8 Å². The summed E-state index contributed by atoms with van der Waals surface area (Å²) < 4.78 is 20.8. The lowest BCUT2D eigenvalue weighted by molar-refractivity contribution is -0.139. The molecule has 0 spiro atoms. The van der Waals surface area contributed by atoms with Crippen molar-refractivity contribution in [2.75, 3.05) is 26.7 Å². The van der Waals surface area contributed by atoms with Crippen LogP contribution in [0.3, 0.4) is 0 Å².